The lowest BCUT2D eigenvalue weighted by atomic mass is 10.2. The Balaban J connectivity index is 2.15. The fraction of sp³-hybridized carbons (Fsp3) is 0.182. The molecule has 1 aliphatic rings. The van der Waals surface area contributed by atoms with Gasteiger partial charge in [0.15, 0.2) is 15.0 Å². The third-order valence-electron chi connectivity index (χ3n) is 2.30. The van der Waals surface area contributed by atoms with Crippen LogP contribution in [0.2, 0.25) is 0 Å². The zero-order valence-electron chi connectivity index (χ0n) is 10.3. The zero-order chi connectivity index (χ0) is 14.8. The monoisotopic (exact) mass is 315 g/mol. The average molecular weight is 315 g/mol. The maximum absolute atomic E-state index is 13.6. The SMILES string of the molecule is CS(=O)(=O)c1ccc(C=NN=C2NC(=O)CS2)cc1F. The largest absolute Gasteiger partial charge is 0.303 e. The molecule has 0 atom stereocenters. The fourth-order valence-corrected chi connectivity index (χ4v) is 2.78. The average Bonchev–Trinajstić information content (AvgIpc) is 2.73. The van der Waals surface area contributed by atoms with Gasteiger partial charge in [-0.1, -0.05) is 17.8 Å². The van der Waals surface area contributed by atoms with Crippen molar-refractivity contribution in [3.05, 3.63) is 29.6 Å². The van der Waals surface area contributed by atoms with Crippen molar-refractivity contribution < 1.29 is 17.6 Å². The summed E-state index contributed by atoms with van der Waals surface area (Å²) in [5.74, 6) is -0.688. The lowest BCUT2D eigenvalue weighted by Crippen LogP contribution is -2.19. The van der Waals surface area contributed by atoms with Gasteiger partial charge in [-0.3, -0.25) is 4.79 Å². The molecule has 6 nitrogen and oxygen atoms in total. The summed E-state index contributed by atoms with van der Waals surface area (Å²) in [6.07, 6.45) is 2.21. The quantitative estimate of drug-likeness (QED) is 0.659. The molecule has 1 N–H and O–H groups in total. The molecule has 1 heterocycles. The second-order valence-electron chi connectivity index (χ2n) is 3.95. The smallest absolute Gasteiger partial charge is 0.236 e. The summed E-state index contributed by atoms with van der Waals surface area (Å²) in [6, 6.07) is 3.65. The molecule has 1 aliphatic heterocycles. The summed E-state index contributed by atoms with van der Waals surface area (Å²) in [5.41, 5.74) is 0.369. The normalized spacial score (nSPS) is 17.9. The number of halogens is 1. The van der Waals surface area contributed by atoms with E-state index in [-0.39, 0.29) is 10.8 Å². The van der Waals surface area contributed by atoms with Crippen molar-refractivity contribution in [1.29, 1.82) is 0 Å². The first-order valence-electron chi connectivity index (χ1n) is 5.39. The highest BCUT2D eigenvalue weighted by Gasteiger charge is 2.16. The van der Waals surface area contributed by atoms with E-state index in [2.05, 4.69) is 15.5 Å². The molecule has 0 unspecified atom stereocenters. The molecule has 1 fully saturated rings. The van der Waals surface area contributed by atoms with Gasteiger partial charge >= 0.3 is 0 Å². The van der Waals surface area contributed by atoms with Gasteiger partial charge in [-0.25, -0.2) is 12.8 Å². The van der Waals surface area contributed by atoms with Crippen LogP contribution >= 0.6 is 11.8 Å². The third-order valence-corrected chi connectivity index (χ3v) is 4.29. The van der Waals surface area contributed by atoms with Gasteiger partial charge < -0.3 is 5.32 Å². The molecule has 1 aromatic carbocycles. The lowest BCUT2D eigenvalue weighted by Gasteiger charge is -2.00. The van der Waals surface area contributed by atoms with Crippen molar-refractivity contribution in [1.82, 2.24) is 5.32 Å². The molecule has 0 spiro atoms. The molecule has 0 radical (unpaired) electrons. The summed E-state index contributed by atoms with van der Waals surface area (Å²) in [7, 11) is -3.59. The van der Waals surface area contributed by atoms with Crippen LogP contribution in [-0.4, -0.2) is 37.7 Å². The van der Waals surface area contributed by atoms with Gasteiger partial charge in [0.2, 0.25) is 5.91 Å². The Morgan fingerprint density at radius 1 is 1.45 bits per heavy atom. The summed E-state index contributed by atoms with van der Waals surface area (Å²) in [6.45, 7) is 0. The Morgan fingerprint density at radius 3 is 2.75 bits per heavy atom. The van der Waals surface area contributed by atoms with Crippen molar-refractivity contribution in [2.75, 3.05) is 12.0 Å². The van der Waals surface area contributed by atoms with Crippen LogP contribution in [0.25, 0.3) is 0 Å². The van der Waals surface area contributed by atoms with Gasteiger partial charge in [-0.2, -0.15) is 5.10 Å². The van der Waals surface area contributed by atoms with E-state index >= 15 is 0 Å². The molecule has 0 aromatic heterocycles. The van der Waals surface area contributed by atoms with Crippen LogP contribution in [0, 0.1) is 5.82 Å². The number of amidine groups is 1. The number of nitrogens with one attached hydrogen (secondary N) is 1. The maximum Gasteiger partial charge on any atom is 0.236 e. The standard InChI is InChI=1S/C11H10FN3O3S2/c1-20(17,18)9-3-2-7(4-8(9)12)5-13-15-11-14-10(16)6-19-11/h2-5H,6H2,1H3,(H,14,15,16). The molecule has 0 saturated carbocycles. The summed E-state index contributed by atoms with van der Waals surface area (Å²) >= 11 is 1.22. The number of hydrogen-bond donors (Lipinski definition) is 1. The number of carbonyl (C=O) groups excluding carboxylic acids is 1. The number of amides is 1. The Hall–Kier alpha value is -1.74. The first-order chi connectivity index (χ1) is 9.36. The highest BCUT2D eigenvalue weighted by molar-refractivity contribution is 8.15. The molecule has 1 aromatic rings. The van der Waals surface area contributed by atoms with Gasteiger partial charge in [0.1, 0.15) is 10.7 Å². The van der Waals surface area contributed by atoms with Gasteiger partial charge in [-0.05, 0) is 17.7 Å². The van der Waals surface area contributed by atoms with Crippen LogP contribution in [0.5, 0.6) is 0 Å². The van der Waals surface area contributed by atoms with E-state index in [0.717, 1.165) is 12.3 Å². The highest BCUT2D eigenvalue weighted by atomic mass is 32.2. The first kappa shape index (κ1) is 14.7. The van der Waals surface area contributed by atoms with Crippen LogP contribution in [0.1, 0.15) is 5.56 Å². The van der Waals surface area contributed by atoms with Crippen LogP contribution in [-0.2, 0) is 14.6 Å². The highest BCUT2D eigenvalue weighted by Crippen LogP contribution is 2.15. The summed E-state index contributed by atoms with van der Waals surface area (Å²) < 4.78 is 36.1. The fourth-order valence-electron chi connectivity index (χ4n) is 1.43. The molecular formula is C11H10FN3O3S2. The Bertz CT molecular complexity index is 714. The topological polar surface area (TPSA) is 88.0 Å². The third kappa shape index (κ3) is 3.64. The number of hydrogen-bond acceptors (Lipinski definition) is 6. The van der Waals surface area contributed by atoms with E-state index in [9.17, 15) is 17.6 Å². The van der Waals surface area contributed by atoms with Crippen molar-refractivity contribution in [3.8, 4) is 0 Å². The van der Waals surface area contributed by atoms with Gasteiger partial charge in [-0.15, -0.1) is 5.10 Å². The first-order valence-corrected chi connectivity index (χ1v) is 8.27. The predicted octanol–water partition coefficient (Wildman–Crippen LogP) is 0.782. The number of sulfone groups is 1. The molecule has 0 bridgehead atoms. The number of rotatable bonds is 3. The van der Waals surface area contributed by atoms with E-state index < -0.39 is 15.7 Å². The Labute approximate surface area is 119 Å². The van der Waals surface area contributed by atoms with Gasteiger partial charge in [0, 0.05) is 6.26 Å². The minimum atomic E-state index is -3.59. The molecule has 20 heavy (non-hydrogen) atoms. The van der Waals surface area contributed by atoms with E-state index in [1.165, 1.54) is 30.1 Å². The minimum Gasteiger partial charge on any atom is -0.303 e. The van der Waals surface area contributed by atoms with Gasteiger partial charge in [0.05, 0.1) is 12.0 Å². The number of benzene rings is 1. The number of carbonyl (C=O) groups is 1. The second-order valence-corrected chi connectivity index (χ2v) is 6.90. The van der Waals surface area contributed by atoms with Crippen LogP contribution < -0.4 is 5.32 Å². The lowest BCUT2D eigenvalue weighted by molar-refractivity contribution is -0.116. The summed E-state index contributed by atoms with van der Waals surface area (Å²) in [5, 5.41) is 10.3. The Kier molecular flexibility index (Phi) is 4.19. The second kappa shape index (κ2) is 5.71. The molecular weight excluding hydrogens is 305 g/mol. The molecule has 1 amide bonds. The molecule has 0 aliphatic carbocycles. The van der Waals surface area contributed by atoms with Crippen LogP contribution in [0.4, 0.5) is 4.39 Å². The molecule has 1 saturated heterocycles. The van der Waals surface area contributed by atoms with E-state index in [1.54, 1.807) is 0 Å². The van der Waals surface area contributed by atoms with E-state index in [0.29, 0.717) is 16.5 Å². The minimum absolute atomic E-state index is 0.146. The maximum atomic E-state index is 13.6. The summed E-state index contributed by atoms with van der Waals surface area (Å²) in [4.78, 5) is 10.5. The van der Waals surface area contributed by atoms with E-state index in [4.69, 9.17) is 0 Å². The van der Waals surface area contributed by atoms with Crippen LogP contribution in [0.15, 0.2) is 33.3 Å². The number of nitrogens with zero attached hydrogens (tertiary/aromatic N) is 2. The van der Waals surface area contributed by atoms with Crippen molar-refractivity contribution in [2.24, 2.45) is 10.2 Å². The number of thioether (sulfide) groups is 1. The zero-order valence-corrected chi connectivity index (χ0v) is 12.0. The van der Waals surface area contributed by atoms with Crippen molar-refractivity contribution in [2.45, 2.75) is 4.90 Å². The molecule has 2 rings (SSSR count). The Morgan fingerprint density at radius 2 is 2.20 bits per heavy atom. The predicted molar refractivity (Wildman–Crippen MR) is 75.1 cm³/mol. The van der Waals surface area contributed by atoms with Gasteiger partial charge in [0.25, 0.3) is 0 Å². The molecule has 106 valence electrons. The van der Waals surface area contributed by atoms with Crippen LogP contribution in [0.3, 0.4) is 0 Å². The molecule has 9 heteroatoms. The van der Waals surface area contributed by atoms with Crippen molar-refractivity contribution in [3.63, 3.8) is 0 Å². The van der Waals surface area contributed by atoms with E-state index in [1.807, 2.05) is 0 Å². The van der Waals surface area contributed by atoms with Crippen molar-refractivity contribution >= 4 is 38.9 Å².